The Morgan fingerprint density at radius 1 is 1.06 bits per heavy atom. The molecule has 0 bridgehead atoms. The molecule has 1 fully saturated rings. The van der Waals surface area contributed by atoms with E-state index < -0.39 is 16.7 Å². The van der Waals surface area contributed by atoms with E-state index in [1.165, 1.54) is 23.5 Å². The van der Waals surface area contributed by atoms with Gasteiger partial charge in [0.05, 0.1) is 4.58 Å². The molecule has 0 aliphatic carbocycles. The van der Waals surface area contributed by atoms with Crippen molar-refractivity contribution in [2.75, 3.05) is 11.5 Å². The van der Waals surface area contributed by atoms with Gasteiger partial charge in [-0.15, -0.1) is 23.5 Å². The summed E-state index contributed by atoms with van der Waals surface area (Å²) in [5.41, 5.74) is 0.381. The average molecular weight is 278 g/mol. The second-order valence-electron chi connectivity index (χ2n) is 3.89. The Labute approximate surface area is 107 Å². The summed E-state index contributed by atoms with van der Waals surface area (Å²) in [4.78, 5) is 0. The van der Waals surface area contributed by atoms with Crippen LogP contribution in [0.1, 0.15) is 17.9 Å². The van der Waals surface area contributed by atoms with Crippen LogP contribution < -0.4 is 0 Å². The quantitative estimate of drug-likeness (QED) is 0.779. The fraction of sp³-hybridized carbons (Fsp3) is 0.500. The summed E-state index contributed by atoms with van der Waals surface area (Å²) in [7, 11) is 0. The van der Waals surface area contributed by atoms with Crippen LogP contribution in [-0.2, 0) is 0 Å². The highest BCUT2D eigenvalue weighted by atomic mass is 32.2. The fourth-order valence-electron chi connectivity index (χ4n) is 1.86. The van der Waals surface area contributed by atoms with Crippen molar-refractivity contribution in [3.05, 3.63) is 35.9 Å². The topological polar surface area (TPSA) is 0 Å². The summed E-state index contributed by atoms with van der Waals surface area (Å²) in [6, 6.07) is 8.25. The van der Waals surface area contributed by atoms with Crippen LogP contribution in [-0.4, -0.2) is 22.3 Å². The van der Waals surface area contributed by atoms with Crippen LogP contribution in [0, 0.1) is 0 Å². The van der Waals surface area contributed by atoms with Gasteiger partial charge in [0.15, 0.2) is 0 Å². The van der Waals surface area contributed by atoms with Gasteiger partial charge in [-0.1, -0.05) is 30.3 Å². The molecule has 1 unspecified atom stereocenters. The molecule has 0 spiro atoms. The minimum Gasteiger partial charge on any atom is -0.170 e. The molecule has 1 aromatic carbocycles. The second-order valence-corrected chi connectivity index (χ2v) is 6.69. The van der Waals surface area contributed by atoms with E-state index in [4.69, 9.17) is 0 Å². The highest BCUT2D eigenvalue weighted by molar-refractivity contribution is 8.17. The molecule has 1 saturated heterocycles. The molecule has 1 aliphatic rings. The van der Waals surface area contributed by atoms with Gasteiger partial charge >= 0.3 is 6.18 Å². The van der Waals surface area contributed by atoms with Crippen molar-refractivity contribution in [2.45, 2.75) is 23.1 Å². The molecule has 1 aliphatic heterocycles. The first-order valence-electron chi connectivity index (χ1n) is 5.44. The minimum absolute atomic E-state index is 0.381. The first-order chi connectivity index (χ1) is 8.09. The summed E-state index contributed by atoms with van der Waals surface area (Å²) in [6.45, 7) is 0. The monoisotopic (exact) mass is 278 g/mol. The Balaban J connectivity index is 2.25. The number of hydrogen-bond donors (Lipinski definition) is 0. The standard InChI is InChI=1S/C12H13F3S2/c13-12(14,15)10(9-5-2-1-3-6-9)11-16-7-4-8-17-11/h1-3,5-6,10-11H,4,7-8H2. The molecule has 17 heavy (non-hydrogen) atoms. The van der Waals surface area contributed by atoms with Crippen LogP contribution >= 0.6 is 23.5 Å². The van der Waals surface area contributed by atoms with Gasteiger partial charge in [-0.3, -0.25) is 0 Å². The van der Waals surface area contributed by atoms with Gasteiger partial charge in [0.1, 0.15) is 5.92 Å². The lowest BCUT2D eigenvalue weighted by Crippen LogP contribution is -2.30. The molecule has 0 N–H and O–H groups in total. The maximum Gasteiger partial charge on any atom is 0.397 e. The highest BCUT2D eigenvalue weighted by Crippen LogP contribution is 2.48. The number of thioether (sulfide) groups is 2. The number of benzene rings is 1. The van der Waals surface area contributed by atoms with Crippen LogP contribution in [0.3, 0.4) is 0 Å². The normalized spacial score (nSPS) is 20.2. The summed E-state index contributed by atoms with van der Waals surface area (Å²) in [6.07, 6.45) is -3.16. The molecule has 0 amide bonds. The maximum absolute atomic E-state index is 13.2. The maximum atomic E-state index is 13.2. The third-order valence-electron chi connectivity index (χ3n) is 2.64. The lowest BCUT2D eigenvalue weighted by Gasteiger charge is -2.31. The van der Waals surface area contributed by atoms with Crippen LogP contribution in [0.15, 0.2) is 30.3 Å². The zero-order valence-corrected chi connectivity index (χ0v) is 10.7. The van der Waals surface area contributed by atoms with Gasteiger partial charge in [-0.2, -0.15) is 13.2 Å². The predicted molar refractivity (Wildman–Crippen MR) is 68.6 cm³/mol. The number of halogens is 3. The van der Waals surface area contributed by atoms with Gasteiger partial charge in [0.25, 0.3) is 0 Å². The molecule has 0 nitrogen and oxygen atoms in total. The summed E-state index contributed by atoms with van der Waals surface area (Å²) in [5, 5.41) is 0. The van der Waals surface area contributed by atoms with Crippen molar-refractivity contribution in [2.24, 2.45) is 0 Å². The lowest BCUT2D eigenvalue weighted by atomic mass is 10.0. The summed E-state index contributed by atoms with van der Waals surface area (Å²) >= 11 is 2.87. The molecular formula is C12H13F3S2. The van der Waals surface area contributed by atoms with E-state index in [0.717, 1.165) is 17.9 Å². The summed E-state index contributed by atoms with van der Waals surface area (Å²) < 4.78 is 39.1. The van der Waals surface area contributed by atoms with Gasteiger partial charge in [-0.25, -0.2) is 0 Å². The van der Waals surface area contributed by atoms with E-state index in [1.54, 1.807) is 30.3 Å². The molecule has 94 valence electrons. The van der Waals surface area contributed by atoms with E-state index in [9.17, 15) is 13.2 Å². The molecular weight excluding hydrogens is 265 g/mol. The molecule has 1 aromatic rings. The van der Waals surface area contributed by atoms with Crippen molar-refractivity contribution < 1.29 is 13.2 Å². The minimum atomic E-state index is -4.16. The van der Waals surface area contributed by atoms with Gasteiger partial charge in [0, 0.05) is 0 Å². The smallest absolute Gasteiger partial charge is 0.170 e. The van der Waals surface area contributed by atoms with E-state index in [2.05, 4.69) is 0 Å². The molecule has 2 rings (SSSR count). The van der Waals surface area contributed by atoms with Gasteiger partial charge in [0.2, 0.25) is 0 Å². The van der Waals surface area contributed by atoms with Gasteiger partial charge in [-0.05, 0) is 23.5 Å². The molecule has 0 aromatic heterocycles. The van der Waals surface area contributed by atoms with Crippen LogP contribution in [0.2, 0.25) is 0 Å². The lowest BCUT2D eigenvalue weighted by molar-refractivity contribution is -0.146. The van der Waals surface area contributed by atoms with Gasteiger partial charge < -0.3 is 0 Å². The molecule has 1 heterocycles. The van der Waals surface area contributed by atoms with Crippen molar-refractivity contribution in [3.8, 4) is 0 Å². The third-order valence-corrected chi connectivity index (χ3v) is 5.70. The Hall–Kier alpha value is -0.290. The molecule has 0 radical (unpaired) electrons. The predicted octanol–water partition coefficient (Wildman–Crippen LogP) is 4.53. The number of hydrogen-bond acceptors (Lipinski definition) is 2. The largest absolute Gasteiger partial charge is 0.397 e. The Kier molecular flexibility index (Phi) is 4.31. The van der Waals surface area contributed by atoms with E-state index in [1.807, 2.05) is 0 Å². The van der Waals surface area contributed by atoms with Crippen molar-refractivity contribution in [3.63, 3.8) is 0 Å². The van der Waals surface area contributed by atoms with Crippen LogP contribution in [0.25, 0.3) is 0 Å². The Morgan fingerprint density at radius 3 is 2.18 bits per heavy atom. The second kappa shape index (κ2) is 5.57. The van der Waals surface area contributed by atoms with Crippen molar-refractivity contribution >= 4 is 23.5 Å². The van der Waals surface area contributed by atoms with E-state index >= 15 is 0 Å². The number of rotatable bonds is 2. The van der Waals surface area contributed by atoms with Crippen molar-refractivity contribution in [1.29, 1.82) is 0 Å². The first-order valence-corrected chi connectivity index (χ1v) is 7.53. The fourth-order valence-corrected chi connectivity index (χ4v) is 5.10. The van der Waals surface area contributed by atoms with Crippen molar-refractivity contribution in [1.82, 2.24) is 0 Å². The van der Waals surface area contributed by atoms with E-state index in [-0.39, 0.29) is 0 Å². The zero-order valence-electron chi connectivity index (χ0n) is 9.11. The zero-order chi connectivity index (χ0) is 12.3. The van der Waals surface area contributed by atoms with Crippen LogP contribution in [0.5, 0.6) is 0 Å². The highest BCUT2D eigenvalue weighted by Gasteiger charge is 2.46. The van der Waals surface area contributed by atoms with E-state index in [0.29, 0.717) is 5.56 Å². The Bertz CT molecular complexity index is 345. The number of alkyl halides is 3. The third kappa shape index (κ3) is 3.35. The average Bonchev–Trinajstić information content (AvgIpc) is 2.30. The molecule has 5 heteroatoms. The SMILES string of the molecule is FC(F)(F)C(c1ccccc1)C1SCCCS1. The first kappa shape index (κ1) is 13.1. The summed E-state index contributed by atoms with van der Waals surface area (Å²) in [5.74, 6) is 0.313. The Morgan fingerprint density at radius 2 is 1.65 bits per heavy atom. The molecule has 1 atom stereocenters. The molecule has 0 saturated carbocycles. The van der Waals surface area contributed by atoms with Crippen LogP contribution in [0.4, 0.5) is 13.2 Å².